The molecule has 1 aliphatic heterocycles. The van der Waals surface area contributed by atoms with Gasteiger partial charge in [-0.3, -0.25) is 9.59 Å². The maximum atomic E-state index is 12.5. The summed E-state index contributed by atoms with van der Waals surface area (Å²) in [5, 5.41) is 0.0369. The molecule has 10 heteroatoms. The third kappa shape index (κ3) is 8.46. The van der Waals surface area contributed by atoms with Crippen LogP contribution >= 0.6 is 33.4 Å². The largest absolute Gasteiger partial charge is 0.462 e. The third-order valence-corrected chi connectivity index (χ3v) is 6.81. The SMILES string of the molecule is CC(=O)O[C@H]1C[C@@H](C[C@H](CC(=O)SC(C)(C)C)OB(P)S)OC(C)(CC=O)C1(C)C. The van der Waals surface area contributed by atoms with Crippen LogP contribution in [0.1, 0.15) is 74.1 Å². The molecule has 1 fully saturated rings. The van der Waals surface area contributed by atoms with Gasteiger partial charge in [-0.15, -0.1) is 9.12 Å². The fourth-order valence-corrected chi connectivity index (χ4v) is 5.05. The molecule has 1 heterocycles. The van der Waals surface area contributed by atoms with Crippen LogP contribution in [0.5, 0.6) is 0 Å². The van der Waals surface area contributed by atoms with E-state index >= 15 is 0 Å². The van der Waals surface area contributed by atoms with Crippen molar-refractivity contribution >= 4 is 56.6 Å². The number of carbonyl (C=O) groups excluding carboxylic acids is 3. The molecule has 0 aromatic rings. The standard InChI is InChI=1S/C20H36BO6PS2/c1-13(23)25-16-11-14(26-20(7,8-9-22)19(16,5)6)10-15(27-21(28)29)12-17(24)30-18(2,3)4/h9,14-16,29H,8,10-12,28H2,1-7H3/t14-,15-,16+,20?/m1/s1. The number of esters is 1. The van der Waals surface area contributed by atoms with Crippen molar-refractivity contribution in [2.24, 2.45) is 5.41 Å². The summed E-state index contributed by atoms with van der Waals surface area (Å²) in [5.41, 5.74) is -1.37. The van der Waals surface area contributed by atoms with Crippen molar-refractivity contribution in [2.75, 3.05) is 0 Å². The van der Waals surface area contributed by atoms with E-state index in [1.165, 1.54) is 18.7 Å². The fraction of sp³-hybridized carbons (Fsp3) is 0.850. The van der Waals surface area contributed by atoms with E-state index in [0.29, 0.717) is 12.8 Å². The summed E-state index contributed by atoms with van der Waals surface area (Å²) in [6, 6.07) is 0. The molecule has 0 aromatic carbocycles. The number of rotatable bonds is 9. The van der Waals surface area contributed by atoms with Gasteiger partial charge in [0.05, 0.1) is 17.8 Å². The highest BCUT2D eigenvalue weighted by molar-refractivity contribution is 8.23. The van der Waals surface area contributed by atoms with E-state index in [2.05, 4.69) is 21.6 Å². The van der Waals surface area contributed by atoms with Crippen LogP contribution in [0.3, 0.4) is 0 Å². The maximum Gasteiger partial charge on any atom is 0.380 e. The van der Waals surface area contributed by atoms with E-state index < -0.39 is 29.1 Å². The Morgan fingerprint density at radius 3 is 2.43 bits per heavy atom. The van der Waals surface area contributed by atoms with Crippen LogP contribution in [0.4, 0.5) is 0 Å². The van der Waals surface area contributed by atoms with Crippen LogP contribution in [0.2, 0.25) is 0 Å². The highest BCUT2D eigenvalue weighted by atomic mass is 32.2. The van der Waals surface area contributed by atoms with Crippen molar-refractivity contribution in [2.45, 2.75) is 103 Å². The number of thioether (sulfide) groups is 1. The zero-order valence-electron chi connectivity index (χ0n) is 19.1. The number of hydrogen-bond donors (Lipinski definition) is 1. The Morgan fingerprint density at radius 2 is 1.97 bits per heavy atom. The van der Waals surface area contributed by atoms with Gasteiger partial charge in [0, 0.05) is 36.3 Å². The molecule has 0 N–H and O–H groups in total. The lowest BCUT2D eigenvalue weighted by Gasteiger charge is -2.53. The Balaban J connectivity index is 3.04. The molecule has 0 aromatic heterocycles. The number of thiol groups is 1. The predicted molar refractivity (Wildman–Crippen MR) is 129 cm³/mol. The molecule has 0 saturated carbocycles. The van der Waals surface area contributed by atoms with Crippen molar-refractivity contribution in [3.05, 3.63) is 0 Å². The monoisotopic (exact) mass is 478 g/mol. The second-order valence-electron chi connectivity index (χ2n) is 9.57. The fourth-order valence-electron chi connectivity index (χ4n) is 3.70. The van der Waals surface area contributed by atoms with Gasteiger partial charge in [-0.1, -0.05) is 46.4 Å². The summed E-state index contributed by atoms with van der Waals surface area (Å²) in [7, 11) is 2.46. The molecule has 1 aliphatic rings. The van der Waals surface area contributed by atoms with E-state index in [4.69, 9.17) is 14.1 Å². The molecule has 5 atom stereocenters. The molecule has 0 radical (unpaired) electrons. The third-order valence-electron chi connectivity index (χ3n) is 5.52. The van der Waals surface area contributed by atoms with Gasteiger partial charge in [0.1, 0.15) is 12.4 Å². The first-order chi connectivity index (χ1) is 13.6. The molecule has 6 nitrogen and oxygen atoms in total. The minimum Gasteiger partial charge on any atom is -0.462 e. The average molecular weight is 478 g/mol. The lowest BCUT2D eigenvalue weighted by molar-refractivity contribution is -0.240. The van der Waals surface area contributed by atoms with Crippen molar-refractivity contribution in [3.63, 3.8) is 0 Å². The van der Waals surface area contributed by atoms with Gasteiger partial charge in [-0.05, 0) is 13.3 Å². The minimum absolute atomic E-state index is 0.0369. The number of hydrogen-bond acceptors (Lipinski definition) is 8. The van der Waals surface area contributed by atoms with Crippen molar-refractivity contribution < 1.29 is 28.5 Å². The Hall–Kier alpha value is -0.0751. The maximum absolute atomic E-state index is 12.5. The average Bonchev–Trinajstić information content (AvgIpc) is 2.49. The highest BCUT2D eigenvalue weighted by Crippen LogP contribution is 2.48. The molecule has 1 rings (SSSR count). The summed E-state index contributed by atoms with van der Waals surface area (Å²) in [4.78, 5) is 35.6. The summed E-state index contributed by atoms with van der Waals surface area (Å²) in [5.74, 6) is -0.791. The van der Waals surface area contributed by atoms with E-state index in [9.17, 15) is 14.4 Å². The minimum atomic E-state index is -0.812. The van der Waals surface area contributed by atoms with Crippen LogP contribution < -0.4 is 0 Å². The topological polar surface area (TPSA) is 78.9 Å². The summed E-state index contributed by atoms with van der Waals surface area (Å²) in [6.07, 6.45) is 0.982. The van der Waals surface area contributed by atoms with Gasteiger partial charge in [0.15, 0.2) is 5.12 Å². The van der Waals surface area contributed by atoms with Crippen LogP contribution in [-0.4, -0.2) is 51.9 Å². The molecule has 0 aliphatic carbocycles. The van der Waals surface area contributed by atoms with Gasteiger partial charge >= 0.3 is 11.9 Å². The zero-order valence-corrected chi connectivity index (χ0v) is 22.0. The van der Waals surface area contributed by atoms with Gasteiger partial charge in [0.2, 0.25) is 0 Å². The molecule has 30 heavy (non-hydrogen) atoms. The van der Waals surface area contributed by atoms with Gasteiger partial charge in [-0.25, -0.2) is 0 Å². The Bertz CT molecular complexity index is 625. The highest BCUT2D eigenvalue weighted by Gasteiger charge is 2.54. The van der Waals surface area contributed by atoms with Crippen LogP contribution in [0.15, 0.2) is 0 Å². The molecule has 2 unspecified atom stereocenters. The smallest absolute Gasteiger partial charge is 0.380 e. The molecule has 0 spiro atoms. The van der Waals surface area contributed by atoms with E-state index in [-0.39, 0.29) is 34.8 Å². The molecule has 0 bridgehead atoms. The quantitative estimate of drug-likeness (QED) is 0.176. The van der Waals surface area contributed by atoms with Gasteiger partial charge < -0.3 is 18.9 Å². The second-order valence-corrected chi connectivity index (χ2v) is 13.1. The Morgan fingerprint density at radius 1 is 1.37 bits per heavy atom. The number of carbonyl (C=O) groups is 3. The van der Waals surface area contributed by atoms with Gasteiger partial charge in [0.25, 0.3) is 0 Å². The first kappa shape index (κ1) is 28.0. The molecular weight excluding hydrogens is 442 g/mol. The van der Waals surface area contributed by atoms with Crippen molar-refractivity contribution in [3.8, 4) is 0 Å². The lowest BCUT2D eigenvalue weighted by Crippen LogP contribution is -2.59. The molecule has 0 amide bonds. The van der Waals surface area contributed by atoms with Crippen molar-refractivity contribution in [1.82, 2.24) is 0 Å². The number of ether oxygens (including phenoxy) is 2. The molecular formula is C20H36BO6PS2. The first-order valence-corrected chi connectivity index (χ1v) is 12.2. The van der Waals surface area contributed by atoms with E-state index in [1.54, 1.807) is 0 Å². The number of aldehydes is 1. The second kappa shape index (κ2) is 11.2. The molecule has 172 valence electrons. The lowest BCUT2D eigenvalue weighted by atomic mass is 9.66. The summed E-state index contributed by atoms with van der Waals surface area (Å²) < 4.78 is 17.7. The van der Waals surface area contributed by atoms with Crippen LogP contribution in [-0.2, 0) is 28.5 Å². The predicted octanol–water partition coefficient (Wildman–Crippen LogP) is 4.09. The van der Waals surface area contributed by atoms with E-state index in [1.807, 2.05) is 41.5 Å². The first-order valence-electron chi connectivity index (χ1n) is 10.2. The van der Waals surface area contributed by atoms with Crippen molar-refractivity contribution in [1.29, 1.82) is 0 Å². The van der Waals surface area contributed by atoms with E-state index in [0.717, 1.165) is 6.29 Å². The van der Waals surface area contributed by atoms with Gasteiger partial charge in [-0.2, -0.15) is 12.5 Å². The molecule has 1 saturated heterocycles. The van der Waals surface area contributed by atoms with Crippen LogP contribution in [0, 0.1) is 5.41 Å². The summed E-state index contributed by atoms with van der Waals surface area (Å²) in [6.45, 7) is 13.1. The summed E-state index contributed by atoms with van der Waals surface area (Å²) >= 11 is 5.57. The Labute approximate surface area is 193 Å². The zero-order chi connectivity index (χ0) is 23.3. The normalized spacial score (nSPS) is 27.2. The van der Waals surface area contributed by atoms with Crippen LogP contribution in [0.25, 0.3) is 0 Å². The Kier molecular flexibility index (Phi) is 10.4.